The normalized spacial score (nSPS) is 23.7. The molecule has 0 bridgehead atoms. The lowest BCUT2D eigenvalue weighted by Gasteiger charge is -2.33. The van der Waals surface area contributed by atoms with Crippen molar-refractivity contribution in [2.75, 3.05) is 6.26 Å². The molecule has 0 aromatic heterocycles. The Labute approximate surface area is 139 Å². The predicted octanol–water partition coefficient (Wildman–Crippen LogP) is 4.36. The molecule has 0 aliphatic carbocycles. The van der Waals surface area contributed by atoms with Gasteiger partial charge in [0.15, 0.2) is 5.17 Å². The van der Waals surface area contributed by atoms with Crippen molar-refractivity contribution in [2.45, 2.75) is 18.5 Å². The Morgan fingerprint density at radius 1 is 1.13 bits per heavy atom. The minimum Gasteiger partial charge on any atom is -0.465 e. The molecule has 0 saturated carbocycles. The van der Waals surface area contributed by atoms with Crippen LogP contribution in [-0.4, -0.2) is 27.5 Å². The summed E-state index contributed by atoms with van der Waals surface area (Å²) in [5, 5.41) is 10.3. The lowest BCUT2D eigenvalue weighted by Crippen LogP contribution is -2.39. The van der Waals surface area contributed by atoms with E-state index in [0.29, 0.717) is 5.17 Å². The smallest absolute Gasteiger partial charge is 0.414 e. The summed E-state index contributed by atoms with van der Waals surface area (Å²) < 4.78 is 0. The molecule has 3 rings (SSSR count). The molecule has 4 nitrogen and oxygen atoms in total. The highest BCUT2D eigenvalue weighted by Crippen LogP contribution is 2.48. The zero-order valence-corrected chi connectivity index (χ0v) is 13.8. The van der Waals surface area contributed by atoms with Crippen molar-refractivity contribution in [1.82, 2.24) is 4.90 Å². The first-order chi connectivity index (χ1) is 11.1. The molecule has 5 heteroatoms. The van der Waals surface area contributed by atoms with E-state index in [4.69, 9.17) is 4.99 Å². The monoisotopic (exact) mass is 326 g/mol. The van der Waals surface area contributed by atoms with Crippen LogP contribution in [0.1, 0.15) is 24.1 Å². The Kier molecular flexibility index (Phi) is 4.13. The van der Waals surface area contributed by atoms with Crippen LogP contribution in [0, 0.1) is 0 Å². The number of amides is 1. The molecule has 1 amide bonds. The van der Waals surface area contributed by atoms with Crippen LogP contribution < -0.4 is 0 Å². The van der Waals surface area contributed by atoms with Crippen LogP contribution in [0.3, 0.4) is 0 Å². The summed E-state index contributed by atoms with van der Waals surface area (Å²) in [5.41, 5.74) is 1.29. The fourth-order valence-corrected chi connectivity index (χ4v) is 3.78. The number of benzene rings is 2. The summed E-state index contributed by atoms with van der Waals surface area (Å²) >= 11 is 1.36. The predicted molar refractivity (Wildman–Crippen MR) is 93.8 cm³/mol. The van der Waals surface area contributed by atoms with E-state index in [0.717, 1.165) is 11.1 Å². The lowest BCUT2D eigenvalue weighted by molar-refractivity contribution is 0.148. The Morgan fingerprint density at radius 3 is 2.22 bits per heavy atom. The zero-order valence-electron chi connectivity index (χ0n) is 13.0. The van der Waals surface area contributed by atoms with E-state index in [-0.39, 0.29) is 6.04 Å². The van der Waals surface area contributed by atoms with Crippen LogP contribution in [0.15, 0.2) is 65.7 Å². The fourth-order valence-electron chi connectivity index (χ4n) is 3.12. The largest absolute Gasteiger partial charge is 0.465 e. The highest BCUT2D eigenvalue weighted by molar-refractivity contribution is 8.13. The van der Waals surface area contributed by atoms with Crippen LogP contribution in [0.2, 0.25) is 0 Å². The topological polar surface area (TPSA) is 52.9 Å². The summed E-state index contributed by atoms with van der Waals surface area (Å²) in [6.07, 6.45) is 0.875. The molecule has 1 heterocycles. The molecule has 1 N–H and O–H groups in total. The number of amidine groups is 1. The van der Waals surface area contributed by atoms with Crippen molar-refractivity contribution >= 4 is 23.0 Å². The molecule has 2 aromatic rings. The maximum absolute atomic E-state index is 11.9. The average molecular weight is 326 g/mol. The summed E-state index contributed by atoms with van der Waals surface area (Å²) in [5.74, 6) is 0. The average Bonchev–Trinajstić information content (AvgIpc) is 2.90. The summed E-state index contributed by atoms with van der Waals surface area (Å²) in [4.78, 5) is 18.1. The van der Waals surface area contributed by atoms with Crippen molar-refractivity contribution in [2.24, 2.45) is 4.99 Å². The summed E-state index contributed by atoms with van der Waals surface area (Å²) in [6.45, 7) is 2.00. The maximum atomic E-state index is 11.9. The van der Waals surface area contributed by atoms with Crippen LogP contribution in [-0.2, 0) is 5.54 Å². The molecule has 0 spiro atoms. The fraction of sp³-hybridized carbons (Fsp3) is 0.222. The third-order valence-electron chi connectivity index (χ3n) is 4.19. The van der Waals surface area contributed by atoms with Gasteiger partial charge in [-0.1, -0.05) is 72.4 Å². The number of carbonyl (C=O) groups is 1. The van der Waals surface area contributed by atoms with Gasteiger partial charge in [-0.3, -0.25) is 0 Å². The van der Waals surface area contributed by atoms with Crippen molar-refractivity contribution in [3.63, 3.8) is 0 Å². The van der Waals surface area contributed by atoms with Gasteiger partial charge in [-0.05, 0) is 24.3 Å². The van der Waals surface area contributed by atoms with E-state index in [9.17, 15) is 9.90 Å². The standard InChI is InChI=1S/C18H18N2O2S/c1-18(14-11-7-4-8-12-14)15(13-9-5-3-6-10-13)20(17(21)22)16(19-18)23-2/h3-12,15H,1-2H3,(H,21,22). The van der Waals surface area contributed by atoms with Crippen molar-refractivity contribution < 1.29 is 9.90 Å². The SMILES string of the molecule is CSC1=NC(C)(c2ccccc2)C(c2ccccc2)N1C(=O)O. The minimum atomic E-state index is -0.980. The second-order valence-electron chi connectivity index (χ2n) is 5.58. The first kappa shape index (κ1) is 15.6. The highest BCUT2D eigenvalue weighted by atomic mass is 32.2. The van der Waals surface area contributed by atoms with Gasteiger partial charge in [-0.2, -0.15) is 0 Å². The van der Waals surface area contributed by atoms with Crippen LogP contribution in [0.5, 0.6) is 0 Å². The number of rotatable bonds is 2. The van der Waals surface area contributed by atoms with Gasteiger partial charge in [-0.15, -0.1) is 0 Å². The molecular weight excluding hydrogens is 308 g/mol. The van der Waals surface area contributed by atoms with Crippen molar-refractivity contribution in [1.29, 1.82) is 0 Å². The quantitative estimate of drug-likeness (QED) is 0.892. The van der Waals surface area contributed by atoms with Crippen molar-refractivity contribution in [3.05, 3.63) is 71.8 Å². The van der Waals surface area contributed by atoms with E-state index in [1.807, 2.05) is 73.8 Å². The van der Waals surface area contributed by atoms with Gasteiger partial charge in [0.05, 0.1) is 6.04 Å². The molecule has 118 valence electrons. The molecule has 2 unspecified atom stereocenters. The highest BCUT2D eigenvalue weighted by Gasteiger charge is 2.49. The minimum absolute atomic E-state index is 0.383. The van der Waals surface area contributed by atoms with E-state index in [1.165, 1.54) is 16.7 Å². The second-order valence-corrected chi connectivity index (χ2v) is 6.35. The first-order valence-corrected chi connectivity index (χ1v) is 8.57. The zero-order chi connectivity index (χ0) is 16.4. The maximum Gasteiger partial charge on any atom is 0.414 e. The van der Waals surface area contributed by atoms with Gasteiger partial charge in [0.1, 0.15) is 5.54 Å². The molecule has 2 aromatic carbocycles. The molecule has 0 saturated heterocycles. The number of carboxylic acid groups (broad SMARTS) is 1. The van der Waals surface area contributed by atoms with E-state index >= 15 is 0 Å². The van der Waals surface area contributed by atoms with Crippen molar-refractivity contribution in [3.8, 4) is 0 Å². The number of hydrogen-bond donors (Lipinski definition) is 1. The first-order valence-electron chi connectivity index (χ1n) is 7.34. The Balaban J connectivity index is 2.19. The third kappa shape index (κ3) is 2.61. The number of hydrogen-bond acceptors (Lipinski definition) is 3. The van der Waals surface area contributed by atoms with Gasteiger partial charge in [0, 0.05) is 0 Å². The molecule has 0 radical (unpaired) electrons. The van der Waals surface area contributed by atoms with E-state index in [2.05, 4.69) is 0 Å². The van der Waals surface area contributed by atoms with Gasteiger partial charge in [0.2, 0.25) is 0 Å². The Hall–Kier alpha value is -2.27. The number of thioether (sulfide) groups is 1. The van der Waals surface area contributed by atoms with Crippen LogP contribution in [0.25, 0.3) is 0 Å². The Morgan fingerprint density at radius 2 is 1.70 bits per heavy atom. The number of nitrogens with zero attached hydrogens (tertiary/aromatic N) is 2. The molecule has 23 heavy (non-hydrogen) atoms. The van der Waals surface area contributed by atoms with Gasteiger partial charge in [0.25, 0.3) is 0 Å². The summed E-state index contributed by atoms with van der Waals surface area (Å²) in [6, 6.07) is 19.2. The molecular formula is C18H18N2O2S. The van der Waals surface area contributed by atoms with E-state index in [1.54, 1.807) is 0 Å². The van der Waals surface area contributed by atoms with Gasteiger partial charge < -0.3 is 5.11 Å². The molecule has 1 aliphatic heterocycles. The third-order valence-corrected chi connectivity index (χ3v) is 4.84. The van der Waals surface area contributed by atoms with Crippen LogP contribution in [0.4, 0.5) is 4.79 Å². The second kappa shape index (κ2) is 6.08. The molecule has 2 atom stereocenters. The van der Waals surface area contributed by atoms with Crippen LogP contribution >= 0.6 is 11.8 Å². The molecule has 0 fully saturated rings. The van der Waals surface area contributed by atoms with Gasteiger partial charge >= 0.3 is 6.09 Å². The Bertz CT molecular complexity index is 733. The summed E-state index contributed by atoms with van der Waals surface area (Å²) in [7, 11) is 0. The van der Waals surface area contributed by atoms with Gasteiger partial charge in [-0.25, -0.2) is 14.7 Å². The lowest BCUT2D eigenvalue weighted by atomic mass is 9.82. The number of aliphatic imine (C=N–C) groups is 1. The van der Waals surface area contributed by atoms with E-state index < -0.39 is 11.6 Å². The molecule has 1 aliphatic rings.